The summed E-state index contributed by atoms with van der Waals surface area (Å²) in [5.74, 6) is -0.526. The molecule has 1 aromatic heterocycles. The fourth-order valence-corrected chi connectivity index (χ4v) is 2.52. The molecule has 3 nitrogen and oxygen atoms in total. The molecule has 0 unspecified atom stereocenters. The molecular weight excluding hydrogens is 350 g/mol. The maximum absolute atomic E-state index is 11.3. The van der Waals surface area contributed by atoms with Gasteiger partial charge in [-0.1, -0.05) is 46.4 Å². The van der Waals surface area contributed by atoms with E-state index < -0.39 is 10.7 Å². The zero-order chi connectivity index (χ0) is 14.0. The molecule has 1 N–H and O–H groups in total. The highest BCUT2D eigenvalue weighted by Crippen LogP contribution is 2.32. The van der Waals surface area contributed by atoms with Crippen molar-refractivity contribution < 1.29 is 4.79 Å². The first kappa shape index (κ1) is 14.9. The molecule has 2 rings (SSSR count). The number of nitrogens with one attached hydrogen (secondary N) is 1. The quantitative estimate of drug-likeness (QED) is 0.799. The summed E-state index contributed by atoms with van der Waals surface area (Å²) in [5, 5.41) is 5.72. The molecule has 1 heterocycles. The van der Waals surface area contributed by atoms with Crippen LogP contribution in [0.15, 0.2) is 23.6 Å². The van der Waals surface area contributed by atoms with E-state index in [4.69, 9.17) is 46.4 Å². The Morgan fingerprint density at radius 3 is 2.74 bits per heavy atom. The van der Waals surface area contributed by atoms with E-state index in [9.17, 15) is 4.79 Å². The van der Waals surface area contributed by atoms with E-state index in [-0.39, 0.29) is 0 Å². The molecule has 1 amide bonds. The maximum atomic E-state index is 11.3. The molecule has 0 aliphatic rings. The van der Waals surface area contributed by atoms with Gasteiger partial charge in [0.1, 0.15) is 0 Å². The first-order valence-electron chi connectivity index (χ1n) is 4.97. The monoisotopic (exact) mass is 354 g/mol. The van der Waals surface area contributed by atoms with Crippen LogP contribution in [-0.4, -0.2) is 15.7 Å². The minimum absolute atomic E-state index is 0.391. The molecule has 0 atom stereocenters. The number of alkyl halides is 2. The number of halogens is 4. The Morgan fingerprint density at radius 2 is 2.05 bits per heavy atom. The highest BCUT2D eigenvalue weighted by molar-refractivity contribution is 7.14. The summed E-state index contributed by atoms with van der Waals surface area (Å²) in [6.07, 6.45) is 0. The van der Waals surface area contributed by atoms with E-state index in [1.54, 1.807) is 23.6 Å². The average Bonchev–Trinajstić information content (AvgIpc) is 2.80. The van der Waals surface area contributed by atoms with Crippen LogP contribution >= 0.6 is 57.7 Å². The van der Waals surface area contributed by atoms with Crippen LogP contribution in [0.3, 0.4) is 0 Å². The van der Waals surface area contributed by atoms with Crippen molar-refractivity contribution in [2.45, 2.75) is 4.84 Å². The highest BCUT2D eigenvalue weighted by Gasteiger charge is 2.14. The summed E-state index contributed by atoms with van der Waals surface area (Å²) in [7, 11) is 0. The number of anilines is 1. The van der Waals surface area contributed by atoms with Gasteiger partial charge in [-0.2, -0.15) is 0 Å². The van der Waals surface area contributed by atoms with Gasteiger partial charge in [-0.25, -0.2) is 4.98 Å². The molecule has 0 saturated heterocycles. The largest absolute Gasteiger partial charge is 0.300 e. The number of nitrogens with zero attached hydrogens (tertiary/aromatic N) is 1. The molecule has 0 radical (unpaired) electrons. The molecule has 0 aliphatic carbocycles. The molecule has 0 aliphatic heterocycles. The Morgan fingerprint density at radius 1 is 1.32 bits per heavy atom. The summed E-state index contributed by atoms with van der Waals surface area (Å²) < 4.78 is 0. The maximum Gasteiger partial charge on any atom is 0.259 e. The van der Waals surface area contributed by atoms with Gasteiger partial charge in [-0.15, -0.1) is 11.3 Å². The third-order valence-corrected chi connectivity index (χ3v) is 3.86. The first-order valence-corrected chi connectivity index (χ1v) is 7.48. The molecule has 8 heteroatoms. The predicted octanol–water partition coefficient (Wildman–Crippen LogP) is 4.86. The van der Waals surface area contributed by atoms with Crippen LogP contribution in [0.4, 0.5) is 5.13 Å². The van der Waals surface area contributed by atoms with Gasteiger partial charge in [-0.3, -0.25) is 10.1 Å². The molecule has 0 fully saturated rings. The number of thiazole rings is 1. The smallest absolute Gasteiger partial charge is 0.259 e. The summed E-state index contributed by atoms with van der Waals surface area (Å²) in [4.78, 5) is 14.4. The van der Waals surface area contributed by atoms with Gasteiger partial charge in [-0.05, 0) is 18.2 Å². The van der Waals surface area contributed by atoms with E-state index in [1.807, 2.05) is 0 Å². The molecule has 2 aromatic rings. The van der Waals surface area contributed by atoms with Crippen LogP contribution in [0, 0.1) is 0 Å². The molecular formula is C11H6Cl4N2OS. The second-order valence-electron chi connectivity index (χ2n) is 3.45. The number of amides is 1. The van der Waals surface area contributed by atoms with Crippen LogP contribution in [0.5, 0.6) is 0 Å². The molecule has 19 heavy (non-hydrogen) atoms. The second kappa shape index (κ2) is 6.29. The number of benzene rings is 1. The lowest BCUT2D eigenvalue weighted by atomic mass is 10.2. The number of aromatic nitrogens is 1. The van der Waals surface area contributed by atoms with Crippen molar-refractivity contribution in [3.8, 4) is 11.3 Å². The Bertz CT molecular complexity index is 614. The average molecular weight is 356 g/mol. The number of rotatable bonds is 3. The molecule has 1 aromatic carbocycles. The minimum Gasteiger partial charge on any atom is -0.300 e. The van der Waals surface area contributed by atoms with Crippen molar-refractivity contribution in [1.29, 1.82) is 0 Å². The van der Waals surface area contributed by atoms with Gasteiger partial charge >= 0.3 is 0 Å². The van der Waals surface area contributed by atoms with Gasteiger partial charge in [0.2, 0.25) is 0 Å². The second-order valence-corrected chi connectivity index (χ2v) is 6.25. The Kier molecular flexibility index (Phi) is 4.92. The summed E-state index contributed by atoms with van der Waals surface area (Å²) in [6.45, 7) is 0. The molecule has 100 valence electrons. The zero-order valence-corrected chi connectivity index (χ0v) is 13.0. The lowest BCUT2D eigenvalue weighted by molar-refractivity contribution is -0.114. The van der Waals surface area contributed by atoms with Crippen molar-refractivity contribution >= 4 is 68.8 Å². The number of hydrogen-bond acceptors (Lipinski definition) is 3. The predicted molar refractivity (Wildman–Crippen MR) is 81.7 cm³/mol. The van der Waals surface area contributed by atoms with Gasteiger partial charge < -0.3 is 0 Å². The number of carbonyl (C=O) groups is 1. The lowest BCUT2D eigenvalue weighted by Gasteiger charge is -2.02. The number of hydrogen-bond donors (Lipinski definition) is 1. The normalized spacial score (nSPS) is 10.8. The topological polar surface area (TPSA) is 42.0 Å². The van der Waals surface area contributed by atoms with Crippen LogP contribution in [-0.2, 0) is 4.79 Å². The van der Waals surface area contributed by atoms with E-state index in [1.165, 1.54) is 11.3 Å². The Labute approximate surface area is 133 Å². The first-order chi connectivity index (χ1) is 8.97. The van der Waals surface area contributed by atoms with Gasteiger partial charge in [0.15, 0.2) is 9.97 Å². The van der Waals surface area contributed by atoms with Gasteiger partial charge in [0, 0.05) is 16.0 Å². The van der Waals surface area contributed by atoms with E-state index in [0.29, 0.717) is 26.4 Å². The fraction of sp³-hybridized carbons (Fsp3) is 0.0909. The van der Waals surface area contributed by atoms with Gasteiger partial charge in [0.25, 0.3) is 5.91 Å². The Hall–Kier alpha value is -0.520. The van der Waals surface area contributed by atoms with Crippen LogP contribution in [0.2, 0.25) is 10.0 Å². The summed E-state index contributed by atoms with van der Waals surface area (Å²) in [5.41, 5.74) is 1.31. The van der Waals surface area contributed by atoms with E-state index in [2.05, 4.69) is 10.3 Å². The van der Waals surface area contributed by atoms with Crippen LogP contribution < -0.4 is 5.32 Å². The third kappa shape index (κ3) is 3.74. The zero-order valence-electron chi connectivity index (χ0n) is 9.16. The summed E-state index contributed by atoms with van der Waals surface area (Å²) >= 11 is 24.1. The van der Waals surface area contributed by atoms with Crippen molar-refractivity contribution in [2.24, 2.45) is 0 Å². The Balaban J connectivity index is 2.26. The van der Waals surface area contributed by atoms with Crippen LogP contribution in [0.1, 0.15) is 0 Å². The standard InChI is InChI=1S/C11H6Cl4N2OS/c12-5-1-2-7(13)6(3-5)8-4-19-11(16-8)17-10(18)9(14)15/h1-4,9H,(H,16,17,18). The van der Waals surface area contributed by atoms with Crippen molar-refractivity contribution in [1.82, 2.24) is 4.98 Å². The van der Waals surface area contributed by atoms with E-state index in [0.717, 1.165) is 0 Å². The van der Waals surface area contributed by atoms with Crippen LogP contribution in [0.25, 0.3) is 11.3 Å². The highest BCUT2D eigenvalue weighted by atomic mass is 35.5. The van der Waals surface area contributed by atoms with Gasteiger partial charge in [0.05, 0.1) is 10.7 Å². The van der Waals surface area contributed by atoms with Crippen molar-refractivity contribution in [3.63, 3.8) is 0 Å². The van der Waals surface area contributed by atoms with Crippen molar-refractivity contribution in [2.75, 3.05) is 5.32 Å². The van der Waals surface area contributed by atoms with Crippen molar-refractivity contribution in [3.05, 3.63) is 33.6 Å². The molecule has 0 saturated carbocycles. The third-order valence-electron chi connectivity index (χ3n) is 2.14. The lowest BCUT2D eigenvalue weighted by Crippen LogP contribution is -2.18. The molecule has 0 spiro atoms. The number of carbonyl (C=O) groups excluding carboxylic acids is 1. The van der Waals surface area contributed by atoms with E-state index >= 15 is 0 Å². The summed E-state index contributed by atoms with van der Waals surface area (Å²) in [6, 6.07) is 5.08. The fourth-order valence-electron chi connectivity index (χ4n) is 1.31. The minimum atomic E-state index is -1.14. The molecule has 0 bridgehead atoms. The SMILES string of the molecule is O=C(Nc1nc(-c2cc(Cl)ccc2Cl)cs1)C(Cl)Cl.